The molecule has 1 heterocycles. The quantitative estimate of drug-likeness (QED) is 0.614. The topological polar surface area (TPSA) is 81.0 Å². The van der Waals surface area contributed by atoms with Crippen LogP contribution in [0.25, 0.3) is 11.0 Å². The predicted molar refractivity (Wildman–Crippen MR) is 65.9 cm³/mol. The summed E-state index contributed by atoms with van der Waals surface area (Å²) in [5.74, 6) is 0.661. The number of hydrogen-bond donors (Lipinski definition) is 2. The van der Waals surface area contributed by atoms with Crippen molar-refractivity contribution in [3.05, 3.63) is 23.5 Å². The Kier molecular flexibility index (Phi) is 2.75. The maximum Gasteiger partial charge on any atom is 0.340 e. The Labute approximate surface area is 99.0 Å². The van der Waals surface area contributed by atoms with Crippen LogP contribution < -0.4 is 5.73 Å². The van der Waals surface area contributed by atoms with E-state index in [0.29, 0.717) is 16.8 Å². The number of hydrogen-bond acceptors (Lipinski definition) is 4. The van der Waals surface area contributed by atoms with Gasteiger partial charge in [-0.1, -0.05) is 13.8 Å². The number of aromatic amines is 1. The number of carbonyl (C=O) groups is 1. The monoisotopic (exact) mass is 233 g/mol. The first-order valence-electron chi connectivity index (χ1n) is 5.40. The van der Waals surface area contributed by atoms with Gasteiger partial charge in [0, 0.05) is 11.6 Å². The zero-order chi connectivity index (χ0) is 12.6. The predicted octanol–water partition coefficient (Wildman–Crippen LogP) is 2.06. The Morgan fingerprint density at radius 3 is 2.76 bits per heavy atom. The summed E-state index contributed by atoms with van der Waals surface area (Å²) < 4.78 is 4.72. The number of nitrogens with two attached hydrogens (primary N) is 1. The van der Waals surface area contributed by atoms with Crippen LogP contribution in [0.1, 0.15) is 35.9 Å². The highest BCUT2D eigenvalue weighted by molar-refractivity contribution is 6.03. The van der Waals surface area contributed by atoms with E-state index >= 15 is 0 Å². The lowest BCUT2D eigenvalue weighted by molar-refractivity contribution is 0.0603. The number of imidazole rings is 1. The summed E-state index contributed by atoms with van der Waals surface area (Å²) in [4.78, 5) is 19.2. The maximum atomic E-state index is 11.6. The van der Waals surface area contributed by atoms with Gasteiger partial charge in [0.1, 0.15) is 11.3 Å². The number of nitrogens with zero attached hydrogens (tertiary/aromatic N) is 1. The van der Waals surface area contributed by atoms with Crippen molar-refractivity contribution < 1.29 is 9.53 Å². The number of fused-ring (bicyclic) bond motifs is 1. The van der Waals surface area contributed by atoms with Crippen LogP contribution in [0.5, 0.6) is 0 Å². The fourth-order valence-electron chi connectivity index (χ4n) is 1.70. The lowest BCUT2D eigenvalue weighted by Gasteiger charge is -2.01. The summed E-state index contributed by atoms with van der Waals surface area (Å²) in [6.45, 7) is 4.05. The van der Waals surface area contributed by atoms with Crippen LogP contribution >= 0.6 is 0 Å². The summed E-state index contributed by atoms with van der Waals surface area (Å²) in [5.41, 5.74) is 8.02. The molecule has 0 saturated heterocycles. The van der Waals surface area contributed by atoms with Crippen LogP contribution in [0.2, 0.25) is 0 Å². The number of anilines is 1. The number of nitrogen functional groups attached to an aromatic ring is 1. The molecule has 0 unspecified atom stereocenters. The van der Waals surface area contributed by atoms with Crippen LogP contribution in [0, 0.1) is 0 Å². The number of nitrogens with one attached hydrogen (secondary N) is 1. The van der Waals surface area contributed by atoms with E-state index in [1.807, 2.05) is 13.8 Å². The molecule has 3 N–H and O–H groups in total. The van der Waals surface area contributed by atoms with Crippen molar-refractivity contribution in [2.24, 2.45) is 0 Å². The molecule has 1 aromatic carbocycles. The minimum absolute atomic E-state index is 0.258. The lowest BCUT2D eigenvalue weighted by atomic mass is 10.1. The van der Waals surface area contributed by atoms with Gasteiger partial charge in [0.15, 0.2) is 0 Å². The highest BCUT2D eigenvalue weighted by atomic mass is 16.5. The minimum atomic E-state index is -0.427. The maximum absolute atomic E-state index is 11.6. The molecule has 0 spiro atoms. The zero-order valence-electron chi connectivity index (χ0n) is 10.1. The van der Waals surface area contributed by atoms with Crippen LogP contribution in [0.15, 0.2) is 12.1 Å². The van der Waals surface area contributed by atoms with Gasteiger partial charge in [-0.25, -0.2) is 9.78 Å². The van der Waals surface area contributed by atoms with E-state index in [2.05, 4.69) is 9.97 Å². The lowest BCUT2D eigenvalue weighted by Crippen LogP contribution is -2.03. The Morgan fingerprint density at radius 2 is 2.18 bits per heavy atom. The van der Waals surface area contributed by atoms with Crippen molar-refractivity contribution in [3.63, 3.8) is 0 Å². The molecule has 5 nitrogen and oxygen atoms in total. The minimum Gasteiger partial charge on any atom is -0.465 e. The van der Waals surface area contributed by atoms with Gasteiger partial charge in [-0.15, -0.1) is 0 Å². The second kappa shape index (κ2) is 4.08. The molecule has 0 aliphatic heterocycles. The molecule has 0 aliphatic rings. The van der Waals surface area contributed by atoms with Crippen molar-refractivity contribution in [2.45, 2.75) is 19.8 Å². The zero-order valence-corrected chi connectivity index (χ0v) is 10.1. The van der Waals surface area contributed by atoms with Crippen molar-refractivity contribution in [1.82, 2.24) is 9.97 Å². The number of aromatic nitrogens is 2. The van der Waals surface area contributed by atoms with E-state index in [9.17, 15) is 4.79 Å². The van der Waals surface area contributed by atoms with Crippen molar-refractivity contribution >= 4 is 22.7 Å². The number of esters is 1. The molecule has 2 aromatic rings. The number of benzene rings is 1. The van der Waals surface area contributed by atoms with E-state index in [-0.39, 0.29) is 5.92 Å². The SMILES string of the molecule is COC(=O)c1cc(N)cc2[nH]c(C(C)C)nc12. The van der Waals surface area contributed by atoms with Gasteiger partial charge < -0.3 is 15.5 Å². The third-order valence-electron chi connectivity index (χ3n) is 2.58. The highest BCUT2D eigenvalue weighted by Crippen LogP contribution is 2.23. The van der Waals surface area contributed by atoms with Gasteiger partial charge in [-0.2, -0.15) is 0 Å². The molecule has 0 radical (unpaired) electrons. The molecule has 0 amide bonds. The molecule has 0 atom stereocenters. The first kappa shape index (κ1) is 11.4. The Bertz CT molecular complexity index is 572. The number of carbonyl (C=O) groups excluding carboxylic acids is 1. The molecular weight excluding hydrogens is 218 g/mol. The number of H-pyrrole nitrogens is 1. The second-order valence-electron chi connectivity index (χ2n) is 4.23. The molecule has 5 heteroatoms. The van der Waals surface area contributed by atoms with Crippen LogP contribution in [-0.2, 0) is 4.74 Å². The summed E-state index contributed by atoms with van der Waals surface area (Å²) >= 11 is 0. The van der Waals surface area contributed by atoms with E-state index in [1.165, 1.54) is 7.11 Å². The van der Waals surface area contributed by atoms with E-state index in [1.54, 1.807) is 12.1 Å². The Balaban J connectivity index is 2.69. The van der Waals surface area contributed by atoms with Crippen molar-refractivity contribution in [2.75, 3.05) is 12.8 Å². The highest BCUT2D eigenvalue weighted by Gasteiger charge is 2.16. The number of rotatable bonds is 2. The molecule has 2 rings (SSSR count). The van der Waals surface area contributed by atoms with Gasteiger partial charge in [0.05, 0.1) is 18.2 Å². The molecule has 0 bridgehead atoms. The van der Waals surface area contributed by atoms with Crippen LogP contribution in [0.4, 0.5) is 5.69 Å². The van der Waals surface area contributed by atoms with E-state index < -0.39 is 5.97 Å². The van der Waals surface area contributed by atoms with Gasteiger partial charge in [-0.05, 0) is 12.1 Å². The van der Waals surface area contributed by atoms with E-state index in [4.69, 9.17) is 10.5 Å². The fraction of sp³-hybridized carbons (Fsp3) is 0.333. The van der Waals surface area contributed by atoms with Crippen molar-refractivity contribution in [3.8, 4) is 0 Å². The molecule has 1 aromatic heterocycles. The third kappa shape index (κ3) is 1.95. The molecule has 0 fully saturated rings. The normalized spacial score (nSPS) is 11.1. The third-order valence-corrected chi connectivity index (χ3v) is 2.58. The average molecular weight is 233 g/mol. The molecule has 0 saturated carbocycles. The summed E-state index contributed by atoms with van der Waals surface area (Å²) in [6.07, 6.45) is 0. The Hall–Kier alpha value is -2.04. The molecule has 17 heavy (non-hydrogen) atoms. The van der Waals surface area contributed by atoms with Gasteiger partial charge in [-0.3, -0.25) is 0 Å². The summed E-state index contributed by atoms with van der Waals surface area (Å²) in [7, 11) is 1.34. The molecule has 90 valence electrons. The fourth-order valence-corrected chi connectivity index (χ4v) is 1.70. The second-order valence-corrected chi connectivity index (χ2v) is 4.23. The average Bonchev–Trinajstić information content (AvgIpc) is 2.70. The first-order chi connectivity index (χ1) is 8.02. The van der Waals surface area contributed by atoms with Crippen molar-refractivity contribution in [1.29, 1.82) is 0 Å². The van der Waals surface area contributed by atoms with Crippen LogP contribution in [-0.4, -0.2) is 23.0 Å². The summed E-state index contributed by atoms with van der Waals surface area (Å²) in [6, 6.07) is 3.35. The Morgan fingerprint density at radius 1 is 1.47 bits per heavy atom. The van der Waals surface area contributed by atoms with Crippen LogP contribution in [0.3, 0.4) is 0 Å². The largest absolute Gasteiger partial charge is 0.465 e. The smallest absolute Gasteiger partial charge is 0.340 e. The summed E-state index contributed by atoms with van der Waals surface area (Å²) in [5, 5.41) is 0. The van der Waals surface area contributed by atoms with Gasteiger partial charge in [0.25, 0.3) is 0 Å². The van der Waals surface area contributed by atoms with E-state index in [0.717, 1.165) is 11.3 Å². The van der Waals surface area contributed by atoms with Gasteiger partial charge >= 0.3 is 5.97 Å². The number of methoxy groups -OCH3 is 1. The first-order valence-corrected chi connectivity index (χ1v) is 5.40. The molecular formula is C12H15N3O2. The molecule has 0 aliphatic carbocycles. The van der Waals surface area contributed by atoms with Gasteiger partial charge in [0.2, 0.25) is 0 Å². The number of ether oxygens (including phenoxy) is 1. The standard InChI is InChI=1S/C12H15N3O2/c1-6(2)11-14-9-5-7(13)4-8(10(9)15-11)12(16)17-3/h4-6H,13H2,1-3H3,(H,14,15).